The standard InChI is InChI=1S/C24H18BrF3N4O3/c1-2-34-23(33)18-13-30-32(22(18)24(26,27)28)20-9-5-8-19(31-20)17-7-4-3-6-15(17)14-35-21-11-10-16(25)12-29-21/h3-13H,2,14H2,1H3. The molecular formula is C24H18BrF3N4O3. The minimum absolute atomic E-state index is 0.0658. The molecule has 0 N–H and O–H groups in total. The first-order valence-corrected chi connectivity index (χ1v) is 11.2. The molecule has 0 amide bonds. The smallest absolute Gasteiger partial charge is 0.434 e. The Bertz CT molecular complexity index is 1340. The molecule has 7 nitrogen and oxygen atoms in total. The van der Waals surface area contributed by atoms with Gasteiger partial charge in [0.1, 0.15) is 12.2 Å². The van der Waals surface area contributed by atoms with Gasteiger partial charge in [-0.05, 0) is 46.6 Å². The van der Waals surface area contributed by atoms with E-state index in [-0.39, 0.29) is 19.0 Å². The third-order valence-electron chi connectivity index (χ3n) is 4.85. The quantitative estimate of drug-likeness (QED) is 0.270. The Balaban J connectivity index is 1.69. The molecule has 0 bridgehead atoms. The third-order valence-corrected chi connectivity index (χ3v) is 5.32. The minimum atomic E-state index is -4.86. The highest BCUT2D eigenvalue weighted by Crippen LogP contribution is 2.34. The van der Waals surface area contributed by atoms with E-state index in [0.29, 0.717) is 21.8 Å². The lowest BCUT2D eigenvalue weighted by Gasteiger charge is -2.14. The zero-order valence-electron chi connectivity index (χ0n) is 18.3. The summed E-state index contributed by atoms with van der Waals surface area (Å²) in [5.74, 6) is -0.787. The molecule has 0 aliphatic heterocycles. The van der Waals surface area contributed by atoms with Crippen LogP contribution in [0.4, 0.5) is 13.2 Å². The number of esters is 1. The van der Waals surface area contributed by atoms with E-state index >= 15 is 0 Å². The number of pyridine rings is 2. The average molecular weight is 547 g/mol. The van der Waals surface area contributed by atoms with Crippen LogP contribution in [0.2, 0.25) is 0 Å². The molecule has 0 saturated carbocycles. The van der Waals surface area contributed by atoms with Crippen molar-refractivity contribution in [3.63, 3.8) is 0 Å². The molecule has 0 aliphatic carbocycles. The van der Waals surface area contributed by atoms with Gasteiger partial charge in [-0.1, -0.05) is 30.3 Å². The molecule has 3 aromatic heterocycles. The normalized spacial score (nSPS) is 11.3. The minimum Gasteiger partial charge on any atom is -0.473 e. The van der Waals surface area contributed by atoms with Crippen LogP contribution in [0.5, 0.6) is 5.88 Å². The van der Waals surface area contributed by atoms with Crippen LogP contribution in [0.25, 0.3) is 17.1 Å². The number of halogens is 4. The maximum absolute atomic E-state index is 13.9. The van der Waals surface area contributed by atoms with Crippen LogP contribution in [0, 0.1) is 0 Å². The van der Waals surface area contributed by atoms with Crippen molar-refractivity contribution < 1.29 is 27.4 Å². The SMILES string of the molecule is CCOC(=O)c1cnn(-c2cccc(-c3ccccc3COc3ccc(Br)cn3)n2)c1C(F)(F)F. The van der Waals surface area contributed by atoms with Crippen molar-refractivity contribution in [1.29, 1.82) is 0 Å². The fraction of sp³-hybridized carbons (Fsp3) is 0.167. The molecule has 0 atom stereocenters. The number of benzene rings is 1. The van der Waals surface area contributed by atoms with Crippen LogP contribution in [-0.2, 0) is 17.5 Å². The fourth-order valence-electron chi connectivity index (χ4n) is 3.34. The monoisotopic (exact) mass is 546 g/mol. The summed E-state index contributed by atoms with van der Waals surface area (Å²) in [5, 5.41) is 3.79. The average Bonchev–Trinajstić information content (AvgIpc) is 3.31. The highest BCUT2D eigenvalue weighted by molar-refractivity contribution is 9.10. The predicted octanol–water partition coefficient (Wildman–Crippen LogP) is 5.87. The van der Waals surface area contributed by atoms with Gasteiger partial charge in [-0.2, -0.15) is 18.3 Å². The van der Waals surface area contributed by atoms with Crippen LogP contribution in [0.15, 0.2) is 71.5 Å². The van der Waals surface area contributed by atoms with Gasteiger partial charge in [-0.3, -0.25) is 0 Å². The number of ether oxygens (including phenoxy) is 2. The lowest BCUT2D eigenvalue weighted by molar-refractivity contribution is -0.143. The van der Waals surface area contributed by atoms with Gasteiger partial charge in [-0.15, -0.1) is 0 Å². The molecule has 0 unspecified atom stereocenters. The van der Waals surface area contributed by atoms with E-state index in [0.717, 1.165) is 16.2 Å². The van der Waals surface area contributed by atoms with E-state index < -0.39 is 23.4 Å². The first-order valence-electron chi connectivity index (χ1n) is 10.4. The van der Waals surface area contributed by atoms with Gasteiger partial charge < -0.3 is 9.47 Å². The van der Waals surface area contributed by atoms with E-state index in [4.69, 9.17) is 9.47 Å². The summed E-state index contributed by atoms with van der Waals surface area (Å²) < 4.78 is 53.6. The molecule has 0 radical (unpaired) electrons. The van der Waals surface area contributed by atoms with Crippen molar-refractivity contribution in [3.8, 4) is 23.0 Å². The predicted molar refractivity (Wildman–Crippen MR) is 124 cm³/mol. The zero-order valence-corrected chi connectivity index (χ0v) is 19.9. The van der Waals surface area contributed by atoms with Crippen LogP contribution >= 0.6 is 15.9 Å². The first-order chi connectivity index (χ1) is 16.8. The van der Waals surface area contributed by atoms with E-state index in [2.05, 4.69) is 31.0 Å². The summed E-state index contributed by atoms with van der Waals surface area (Å²) >= 11 is 3.31. The summed E-state index contributed by atoms with van der Waals surface area (Å²) in [6, 6.07) is 15.4. The van der Waals surface area contributed by atoms with Crippen molar-refractivity contribution >= 4 is 21.9 Å². The number of hydrogen-bond donors (Lipinski definition) is 0. The second kappa shape index (κ2) is 10.3. The van der Waals surface area contributed by atoms with Gasteiger partial charge in [-0.25, -0.2) is 19.4 Å². The van der Waals surface area contributed by atoms with E-state index in [9.17, 15) is 18.0 Å². The second-order valence-corrected chi connectivity index (χ2v) is 8.09. The number of rotatable bonds is 7. The van der Waals surface area contributed by atoms with Crippen LogP contribution in [-0.4, -0.2) is 32.3 Å². The van der Waals surface area contributed by atoms with Crippen molar-refractivity contribution in [2.75, 3.05) is 6.61 Å². The lowest BCUT2D eigenvalue weighted by atomic mass is 10.0. The largest absolute Gasteiger partial charge is 0.473 e. The highest BCUT2D eigenvalue weighted by Gasteiger charge is 2.41. The van der Waals surface area contributed by atoms with E-state index in [1.165, 1.54) is 13.0 Å². The van der Waals surface area contributed by atoms with Crippen molar-refractivity contribution in [1.82, 2.24) is 19.7 Å². The highest BCUT2D eigenvalue weighted by atomic mass is 79.9. The summed E-state index contributed by atoms with van der Waals surface area (Å²) in [6.45, 7) is 1.61. The summed E-state index contributed by atoms with van der Waals surface area (Å²) in [6.07, 6.45) is -2.42. The number of nitrogens with zero attached hydrogens (tertiary/aromatic N) is 4. The molecule has 3 heterocycles. The lowest BCUT2D eigenvalue weighted by Crippen LogP contribution is -2.19. The van der Waals surface area contributed by atoms with Crippen molar-refractivity contribution in [2.45, 2.75) is 19.7 Å². The molecule has 0 fully saturated rings. The molecule has 4 rings (SSSR count). The maximum Gasteiger partial charge on any atom is 0.434 e. The number of hydrogen-bond acceptors (Lipinski definition) is 6. The Labute approximate surface area is 206 Å². The molecule has 180 valence electrons. The zero-order chi connectivity index (χ0) is 25.0. The Kier molecular flexibility index (Phi) is 7.15. The Hall–Kier alpha value is -3.73. The van der Waals surface area contributed by atoms with Gasteiger partial charge >= 0.3 is 12.1 Å². The van der Waals surface area contributed by atoms with Gasteiger partial charge in [0.15, 0.2) is 11.5 Å². The molecule has 0 saturated heterocycles. The van der Waals surface area contributed by atoms with E-state index in [1.54, 1.807) is 42.6 Å². The van der Waals surface area contributed by atoms with Crippen molar-refractivity contribution in [2.24, 2.45) is 0 Å². The number of aromatic nitrogens is 4. The fourth-order valence-corrected chi connectivity index (χ4v) is 3.57. The number of alkyl halides is 3. The van der Waals surface area contributed by atoms with Crippen LogP contribution in [0.3, 0.4) is 0 Å². The molecule has 0 spiro atoms. The molecular weight excluding hydrogens is 529 g/mol. The van der Waals surface area contributed by atoms with Gasteiger partial charge in [0.2, 0.25) is 5.88 Å². The van der Waals surface area contributed by atoms with Crippen molar-refractivity contribution in [3.05, 3.63) is 88.3 Å². The molecule has 1 aromatic carbocycles. The number of carbonyl (C=O) groups is 1. The summed E-state index contributed by atoms with van der Waals surface area (Å²) in [7, 11) is 0. The molecule has 35 heavy (non-hydrogen) atoms. The molecule has 0 aliphatic rings. The van der Waals surface area contributed by atoms with Gasteiger partial charge in [0.05, 0.1) is 18.5 Å². The van der Waals surface area contributed by atoms with Crippen LogP contribution in [0.1, 0.15) is 28.5 Å². The van der Waals surface area contributed by atoms with Gasteiger partial charge in [0, 0.05) is 22.3 Å². The Morgan fingerprint density at radius 2 is 1.86 bits per heavy atom. The maximum atomic E-state index is 13.9. The van der Waals surface area contributed by atoms with Gasteiger partial charge in [0.25, 0.3) is 0 Å². The Morgan fingerprint density at radius 3 is 2.57 bits per heavy atom. The topological polar surface area (TPSA) is 79.1 Å². The Morgan fingerprint density at radius 1 is 1.06 bits per heavy atom. The first kappa shape index (κ1) is 24.4. The summed E-state index contributed by atoms with van der Waals surface area (Å²) in [4.78, 5) is 20.7. The molecule has 11 heteroatoms. The second-order valence-electron chi connectivity index (χ2n) is 7.18. The van der Waals surface area contributed by atoms with E-state index in [1.807, 2.05) is 12.1 Å². The third kappa shape index (κ3) is 5.51. The van der Waals surface area contributed by atoms with Crippen LogP contribution < -0.4 is 4.74 Å². The molecule has 4 aromatic rings. The number of carbonyl (C=O) groups excluding carboxylic acids is 1. The summed E-state index contributed by atoms with van der Waals surface area (Å²) in [5.41, 5.74) is -0.101.